The van der Waals surface area contributed by atoms with Crippen LogP contribution in [-0.2, 0) is 23.7 Å². The second kappa shape index (κ2) is 22.4. The molecule has 312 valence electrons. The van der Waals surface area contributed by atoms with Crippen molar-refractivity contribution < 1.29 is 66.8 Å². The van der Waals surface area contributed by atoms with Crippen LogP contribution in [0.2, 0.25) is 0 Å². The average molecular weight is 847 g/mol. The van der Waals surface area contributed by atoms with Crippen LogP contribution in [0.3, 0.4) is 0 Å². The van der Waals surface area contributed by atoms with Crippen molar-refractivity contribution in [2.24, 2.45) is 0 Å². The highest BCUT2D eigenvalue weighted by molar-refractivity contribution is 7.48. The van der Waals surface area contributed by atoms with E-state index in [1.54, 1.807) is 72.3 Å². The molecule has 3 N–H and O–H groups in total. The highest BCUT2D eigenvalue weighted by Gasteiger charge is 2.28. The van der Waals surface area contributed by atoms with Crippen molar-refractivity contribution in [3.63, 3.8) is 0 Å². The molecule has 0 radical (unpaired) electrons. The predicted molar refractivity (Wildman–Crippen MR) is 229 cm³/mol. The molecule has 0 atom stereocenters. The molecule has 0 aromatic heterocycles. The molecular formula is C46H39O14P. The van der Waals surface area contributed by atoms with Gasteiger partial charge in [-0.1, -0.05) is 48.6 Å². The monoisotopic (exact) mass is 846 g/mol. The van der Waals surface area contributed by atoms with E-state index >= 15 is 0 Å². The summed E-state index contributed by atoms with van der Waals surface area (Å²) in [6.07, 6.45) is 11.9. The van der Waals surface area contributed by atoms with Gasteiger partial charge in [0.2, 0.25) is 0 Å². The summed E-state index contributed by atoms with van der Waals surface area (Å²) >= 11 is 0. The number of phenolic OH excluding ortho intramolecular Hbond substituents is 2. The quantitative estimate of drug-likeness (QED) is 0.0439. The van der Waals surface area contributed by atoms with Crippen molar-refractivity contribution in [1.29, 1.82) is 0 Å². The molecule has 0 aliphatic carbocycles. The van der Waals surface area contributed by atoms with Crippen LogP contribution in [-0.4, -0.2) is 67.3 Å². The molecule has 61 heavy (non-hydrogen) atoms. The SMILES string of the molecule is COc1cc(/C=C/C(=C=O)CC(=C=O)/C=C/c2ccc(OP(=O)(O)Oc3ccc(/C=C/C(=C=O)CC(=C=O)/C=C/c4ccc(O)c(OC)c4)cc3OC)c(OC)c2)ccc1O. The third-order valence-corrected chi connectivity index (χ3v) is 9.26. The van der Waals surface area contributed by atoms with Crippen molar-refractivity contribution in [2.45, 2.75) is 12.8 Å². The summed E-state index contributed by atoms with van der Waals surface area (Å²) in [7, 11) is 0.579. The van der Waals surface area contributed by atoms with Crippen LogP contribution in [0.25, 0.3) is 24.3 Å². The summed E-state index contributed by atoms with van der Waals surface area (Å²) in [6, 6.07) is 18.0. The first-order valence-corrected chi connectivity index (χ1v) is 19.4. The summed E-state index contributed by atoms with van der Waals surface area (Å²) in [5, 5.41) is 19.6. The van der Waals surface area contributed by atoms with Gasteiger partial charge in [-0.15, -0.1) is 0 Å². The standard InChI is InChI=1S/C46H39O14P/c1-55-43-23-31(13-17-39(43)51)5-9-35(27-47)21-37(29-49)11-7-33-15-19-41(45(25-33)57-3)59-61(53,54)60-42-20-16-34(26-46(42)58-4)8-12-38(30-50)22-36(28-48)10-6-32-14-18-40(52)44(24-32)56-2/h5-20,23-26,51-52H,21-22H2,1-4H3,(H,53,54)/b9-5+,10-6+,11-7+,12-8+. The third kappa shape index (κ3) is 13.7. The van der Waals surface area contributed by atoms with Gasteiger partial charge in [0.15, 0.2) is 46.0 Å². The van der Waals surface area contributed by atoms with E-state index in [2.05, 4.69) is 0 Å². The number of ether oxygens (including phenoxy) is 4. The number of phenols is 2. The maximum Gasteiger partial charge on any atom is 0.585 e. The zero-order chi connectivity index (χ0) is 44.4. The molecule has 0 saturated heterocycles. The molecule has 15 heteroatoms. The molecule has 0 aliphatic rings. The number of hydrogen-bond acceptors (Lipinski definition) is 13. The number of rotatable bonds is 20. The second-order valence-corrected chi connectivity index (χ2v) is 13.8. The first kappa shape index (κ1) is 45.9. The van der Waals surface area contributed by atoms with Crippen LogP contribution in [0.1, 0.15) is 35.1 Å². The molecule has 4 aromatic rings. The summed E-state index contributed by atoms with van der Waals surface area (Å²) in [5.74, 6) is 7.43. The minimum Gasteiger partial charge on any atom is -0.504 e. The lowest BCUT2D eigenvalue weighted by Crippen LogP contribution is -2.02. The lowest BCUT2D eigenvalue weighted by molar-refractivity contribution is 0.277. The Morgan fingerprint density at radius 2 is 0.754 bits per heavy atom. The Labute approximate surface area is 350 Å². The van der Waals surface area contributed by atoms with Gasteiger partial charge in [0.1, 0.15) is 23.8 Å². The van der Waals surface area contributed by atoms with Crippen LogP contribution < -0.4 is 28.0 Å². The summed E-state index contributed by atoms with van der Waals surface area (Å²) in [4.78, 5) is 57.4. The maximum atomic E-state index is 13.2. The summed E-state index contributed by atoms with van der Waals surface area (Å²) < 4.78 is 44.8. The fraction of sp³-hybridized carbons (Fsp3) is 0.130. The van der Waals surface area contributed by atoms with Gasteiger partial charge in [-0.3, -0.25) is 4.89 Å². The van der Waals surface area contributed by atoms with E-state index in [1.165, 1.54) is 101 Å². The number of allylic oxidation sites excluding steroid dienone is 8. The van der Waals surface area contributed by atoms with Crippen LogP contribution in [0.5, 0.6) is 46.0 Å². The van der Waals surface area contributed by atoms with Crippen LogP contribution >= 0.6 is 7.82 Å². The fourth-order valence-corrected chi connectivity index (χ4v) is 6.14. The number of hydrogen-bond donors (Lipinski definition) is 3. The van der Waals surface area contributed by atoms with E-state index < -0.39 is 7.82 Å². The maximum absolute atomic E-state index is 13.2. The number of carbonyl (C=O) groups excluding carboxylic acids is 4. The highest BCUT2D eigenvalue weighted by Crippen LogP contribution is 2.49. The van der Waals surface area contributed by atoms with Gasteiger partial charge >= 0.3 is 7.82 Å². The summed E-state index contributed by atoms with van der Waals surface area (Å²) in [5.41, 5.74) is 2.81. The largest absolute Gasteiger partial charge is 0.585 e. The Balaban J connectivity index is 1.40. The Morgan fingerprint density at radius 1 is 0.475 bits per heavy atom. The van der Waals surface area contributed by atoms with E-state index in [0.717, 1.165) is 0 Å². The van der Waals surface area contributed by atoms with Gasteiger partial charge < -0.3 is 38.2 Å². The fourth-order valence-electron chi connectivity index (χ4n) is 5.30. The second-order valence-electron chi connectivity index (χ2n) is 12.5. The van der Waals surface area contributed by atoms with Gasteiger partial charge in [-0.2, -0.15) is 0 Å². The zero-order valence-electron chi connectivity index (χ0n) is 33.2. The zero-order valence-corrected chi connectivity index (χ0v) is 34.1. The van der Waals surface area contributed by atoms with E-state index in [9.17, 15) is 38.8 Å². The number of phosphoric ester groups is 1. The van der Waals surface area contributed by atoms with E-state index in [0.29, 0.717) is 22.3 Å². The Bertz CT molecular complexity index is 2450. The van der Waals surface area contributed by atoms with Gasteiger partial charge in [0, 0.05) is 35.1 Å². The normalized spacial score (nSPS) is 11.9. The van der Waals surface area contributed by atoms with Crippen molar-refractivity contribution in [2.75, 3.05) is 28.4 Å². The molecule has 0 unspecified atom stereocenters. The lowest BCUT2D eigenvalue weighted by Gasteiger charge is -2.17. The van der Waals surface area contributed by atoms with Crippen molar-refractivity contribution in [3.8, 4) is 46.0 Å². The number of benzene rings is 4. The molecule has 14 nitrogen and oxygen atoms in total. The third-order valence-electron chi connectivity index (χ3n) is 8.40. The van der Waals surface area contributed by atoms with Crippen LogP contribution in [0.15, 0.2) is 119 Å². The molecule has 0 saturated carbocycles. The number of phosphoric acid groups is 1. The minimum absolute atomic E-state index is 0.0424. The van der Waals surface area contributed by atoms with Crippen LogP contribution in [0.4, 0.5) is 0 Å². The first-order valence-electron chi connectivity index (χ1n) is 17.9. The summed E-state index contributed by atoms with van der Waals surface area (Å²) in [6.45, 7) is 0. The highest BCUT2D eigenvalue weighted by atomic mass is 31.2. The van der Waals surface area contributed by atoms with Crippen LogP contribution in [0, 0.1) is 0 Å². The Kier molecular flexibility index (Phi) is 16.9. The minimum atomic E-state index is -4.87. The smallest absolute Gasteiger partial charge is 0.504 e. The molecule has 0 aliphatic heterocycles. The van der Waals surface area contributed by atoms with E-state index in [-0.39, 0.29) is 81.1 Å². The average Bonchev–Trinajstić information content (AvgIpc) is 3.27. The molecule has 4 rings (SSSR count). The number of methoxy groups -OCH3 is 4. The molecule has 0 fully saturated rings. The van der Waals surface area contributed by atoms with Crippen molar-refractivity contribution >= 4 is 55.9 Å². The van der Waals surface area contributed by atoms with E-state index in [4.69, 9.17) is 28.0 Å². The van der Waals surface area contributed by atoms with Gasteiger partial charge in [0.05, 0.1) is 28.4 Å². The molecular weight excluding hydrogens is 807 g/mol. The van der Waals surface area contributed by atoms with Gasteiger partial charge in [-0.05, 0) is 95.1 Å². The Morgan fingerprint density at radius 3 is 1.03 bits per heavy atom. The van der Waals surface area contributed by atoms with Crippen molar-refractivity contribution in [3.05, 3.63) is 142 Å². The van der Waals surface area contributed by atoms with Gasteiger partial charge in [0.25, 0.3) is 0 Å². The molecule has 0 spiro atoms. The van der Waals surface area contributed by atoms with Crippen molar-refractivity contribution in [1.82, 2.24) is 0 Å². The molecule has 0 heterocycles. The number of aromatic hydroxyl groups is 2. The molecule has 0 bridgehead atoms. The lowest BCUT2D eigenvalue weighted by atomic mass is 10.0. The predicted octanol–water partition coefficient (Wildman–Crippen LogP) is 7.96. The topological polar surface area (TPSA) is 201 Å². The Hall–Kier alpha value is -7.77. The van der Waals surface area contributed by atoms with Gasteiger partial charge in [-0.25, -0.2) is 23.7 Å². The van der Waals surface area contributed by atoms with E-state index in [1.807, 2.05) is 0 Å². The molecule has 0 amide bonds. The molecule has 4 aromatic carbocycles. The first-order chi connectivity index (χ1) is 29.4.